The molecule has 0 saturated carbocycles. The Hall–Kier alpha value is -2.75. The highest BCUT2D eigenvalue weighted by Crippen LogP contribution is 2.42. The SMILES string of the molecule is COc1ccc(S(=O)(=O)Nc2ccc3c(c2)OC(F)(F)O3)cc1OC. The van der Waals surface area contributed by atoms with Gasteiger partial charge in [-0.2, -0.15) is 0 Å². The molecule has 0 unspecified atom stereocenters. The van der Waals surface area contributed by atoms with E-state index in [0.29, 0.717) is 5.75 Å². The van der Waals surface area contributed by atoms with Crippen LogP contribution < -0.4 is 23.7 Å². The van der Waals surface area contributed by atoms with Crippen molar-refractivity contribution < 1.29 is 36.1 Å². The summed E-state index contributed by atoms with van der Waals surface area (Å²) >= 11 is 0. The molecule has 0 bridgehead atoms. The fraction of sp³-hybridized carbons (Fsp3) is 0.200. The minimum absolute atomic E-state index is 0.0369. The van der Waals surface area contributed by atoms with Gasteiger partial charge in [-0.1, -0.05) is 0 Å². The zero-order valence-electron chi connectivity index (χ0n) is 13.1. The monoisotopic (exact) mass is 373 g/mol. The summed E-state index contributed by atoms with van der Waals surface area (Å²) in [7, 11) is -1.19. The molecular formula is C15H13F2NO6S. The maximum atomic E-state index is 13.0. The van der Waals surface area contributed by atoms with Crippen LogP contribution in [-0.4, -0.2) is 28.9 Å². The van der Waals surface area contributed by atoms with E-state index in [9.17, 15) is 17.2 Å². The van der Waals surface area contributed by atoms with E-state index in [1.807, 2.05) is 0 Å². The standard InChI is InChI=1S/C15H13F2NO6S/c1-21-11-6-4-10(8-13(11)22-2)25(19,20)18-9-3-5-12-14(7-9)24-15(16,17)23-12/h3-8,18H,1-2H3. The number of nitrogens with one attached hydrogen (secondary N) is 1. The number of methoxy groups -OCH3 is 2. The van der Waals surface area contributed by atoms with Crippen LogP contribution in [0.5, 0.6) is 23.0 Å². The summed E-state index contributed by atoms with van der Waals surface area (Å²) < 4.78 is 71.9. The number of rotatable bonds is 5. The molecule has 0 radical (unpaired) electrons. The summed E-state index contributed by atoms with van der Waals surface area (Å²) in [5.41, 5.74) is 0.0369. The third-order valence-electron chi connectivity index (χ3n) is 3.32. The summed E-state index contributed by atoms with van der Waals surface area (Å²) in [6.45, 7) is 0. The van der Waals surface area contributed by atoms with E-state index < -0.39 is 16.3 Å². The second kappa shape index (κ2) is 5.96. The summed E-state index contributed by atoms with van der Waals surface area (Å²) in [4.78, 5) is -0.0897. The van der Waals surface area contributed by atoms with Gasteiger partial charge >= 0.3 is 6.29 Å². The number of sulfonamides is 1. The van der Waals surface area contributed by atoms with E-state index in [-0.39, 0.29) is 27.8 Å². The van der Waals surface area contributed by atoms with Crippen LogP contribution in [0.15, 0.2) is 41.3 Å². The van der Waals surface area contributed by atoms with Crippen LogP contribution in [0.1, 0.15) is 0 Å². The number of hydrogen-bond donors (Lipinski definition) is 1. The summed E-state index contributed by atoms with van der Waals surface area (Å²) in [5.74, 6) is 0.152. The predicted molar refractivity (Wildman–Crippen MR) is 83.0 cm³/mol. The van der Waals surface area contributed by atoms with E-state index in [1.165, 1.54) is 44.6 Å². The maximum absolute atomic E-state index is 13.0. The molecule has 1 N–H and O–H groups in total. The molecule has 1 aliphatic heterocycles. The van der Waals surface area contributed by atoms with Crippen molar-refractivity contribution in [2.45, 2.75) is 11.2 Å². The minimum atomic E-state index is -3.99. The Balaban J connectivity index is 1.88. The maximum Gasteiger partial charge on any atom is 0.586 e. The van der Waals surface area contributed by atoms with Crippen LogP contribution in [0.25, 0.3) is 0 Å². The zero-order valence-corrected chi connectivity index (χ0v) is 13.9. The molecule has 2 aromatic carbocycles. The van der Waals surface area contributed by atoms with Crippen LogP contribution >= 0.6 is 0 Å². The van der Waals surface area contributed by atoms with Crippen molar-refractivity contribution in [3.63, 3.8) is 0 Å². The highest BCUT2D eigenvalue weighted by atomic mass is 32.2. The fourth-order valence-corrected chi connectivity index (χ4v) is 3.27. The van der Waals surface area contributed by atoms with Gasteiger partial charge in [0, 0.05) is 12.1 Å². The predicted octanol–water partition coefficient (Wildman–Crippen LogP) is 2.83. The quantitative estimate of drug-likeness (QED) is 0.868. The molecule has 0 saturated heterocycles. The summed E-state index contributed by atoms with van der Waals surface area (Å²) in [6, 6.07) is 7.61. The third kappa shape index (κ3) is 3.38. The van der Waals surface area contributed by atoms with Crippen molar-refractivity contribution in [3.05, 3.63) is 36.4 Å². The topological polar surface area (TPSA) is 83.1 Å². The smallest absolute Gasteiger partial charge is 0.493 e. The van der Waals surface area contributed by atoms with Gasteiger partial charge in [-0.25, -0.2) is 8.42 Å². The van der Waals surface area contributed by atoms with Crippen molar-refractivity contribution >= 4 is 15.7 Å². The molecule has 0 atom stereocenters. The van der Waals surface area contributed by atoms with Gasteiger partial charge in [-0.15, -0.1) is 8.78 Å². The Morgan fingerprint density at radius 3 is 2.32 bits per heavy atom. The summed E-state index contributed by atoms with van der Waals surface area (Å²) in [6.07, 6.45) is -3.77. The van der Waals surface area contributed by atoms with Gasteiger partial charge in [0.05, 0.1) is 24.8 Å². The average molecular weight is 373 g/mol. The molecule has 1 heterocycles. The molecule has 10 heteroatoms. The lowest BCUT2D eigenvalue weighted by atomic mass is 10.3. The van der Waals surface area contributed by atoms with Gasteiger partial charge in [0.15, 0.2) is 23.0 Å². The second-order valence-corrected chi connectivity index (χ2v) is 6.63. The van der Waals surface area contributed by atoms with Gasteiger partial charge in [0.25, 0.3) is 10.0 Å². The van der Waals surface area contributed by atoms with Gasteiger partial charge in [-0.05, 0) is 24.3 Å². The minimum Gasteiger partial charge on any atom is -0.493 e. The number of hydrogen-bond acceptors (Lipinski definition) is 6. The lowest BCUT2D eigenvalue weighted by Gasteiger charge is -2.12. The lowest BCUT2D eigenvalue weighted by molar-refractivity contribution is -0.286. The van der Waals surface area contributed by atoms with Crippen molar-refractivity contribution in [2.75, 3.05) is 18.9 Å². The number of fused-ring (bicyclic) bond motifs is 1. The first-order valence-corrected chi connectivity index (χ1v) is 8.37. The van der Waals surface area contributed by atoms with Gasteiger partial charge in [0.2, 0.25) is 0 Å². The number of anilines is 1. The number of halogens is 2. The summed E-state index contributed by atoms with van der Waals surface area (Å²) in [5, 5.41) is 0. The first kappa shape index (κ1) is 17.1. The van der Waals surface area contributed by atoms with Crippen molar-refractivity contribution in [1.82, 2.24) is 0 Å². The number of ether oxygens (including phenoxy) is 4. The Bertz CT molecular complexity index is 916. The molecule has 25 heavy (non-hydrogen) atoms. The molecule has 0 spiro atoms. The Morgan fingerprint density at radius 1 is 0.960 bits per heavy atom. The van der Waals surface area contributed by atoms with E-state index in [4.69, 9.17) is 9.47 Å². The molecule has 0 amide bonds. The molecule has 7 nitrogen and oxygen atoms in total. The van der Waals surface area contributed by atoms with Gasteiger partial charge in [0.1, 0.15) is 0 Å². The van der Waals surface area contributed by atoms with Crippen LogP contribution in [0.3, 0.4) is 0 Å². The highest BCUT2D eigenvalue weighted by Gasteiger charge is 2.43. The van der Waals surface area contributed by atoms with Crippen molar-refractivity contribution in [1.29, 1.82) is 0 Å². The second-order valence-electron chi connectivity index (χ2n) is 4.95. The number of benzene rings is 2. The van der Waals surface area contributed by atoms with Crippen molar-refractivity contribution in [2.24, 2.45) is 0 Å². The van der Waals surface area contributed by atoms with Gasteiger partial charge < -0.3 is 18.9 Å². The van der Waals surface area contributed by atoms with E-state index in [0.717, 1.165) is 6.07 Å². The molecule has 0 aromatic heterocycles. The van der Waals surface area contributed by atoms with Gasteiger partial charge in [-0.3, -0.25) is 4.72 Å². The largest absolute Gasteiger partial charge is 0.586 e. The molecule has 3 rings (SSSR count). The highest BCUT2D eigenvalue weighted by molar-refractivity contribution is 7.92. The zero-order chi connectivity index (χ0) is 18.2. The molecular weight excluding hydrogens is 360 g/mol. The average Bonchev–Trinajstić information content (AvgIpc) is 2.86. The Morgan fingerprint density at radius 2 is 1.64 bits per heavy atom. The first-order valence-electron chi connectivity index (χ1n) is 6.89. The molecule has 134 valence electrons. The molecule has 1 aliphatic rings. The molecule has 0 fully saturated rings. The lowest BCUT2D eigenvalue weighted by Crippen LogP contribution is -2.25. The van der Waals surface area contributed by atoms with Crippen LogP contribution in [0.4, 0.5) is 14.5 Å². The Kier molecular flexibility index (Phi) is 4.07. The van der Waals surface area contributed by atoms with Crippen LogP contribution in [-0.2, 0) is 10.0 Å². The fourth-order valence-electron chi connectivity index (χ4n) is 2.21. The van der Waals surface area contributed by atoms with E-state index in [2.05, 4.69) is 14.2 Å². The van der Waals surface area contributed by atoms with Crippen molar-refractivity contribution in [3.8, 4) is 23.0 Å². The number of alkyl halides is 2. The first-order chi connectivity index (χ1) is 11.7. The Labute approximate surface area is 142 Å². The third-order valence-corrected chi connectivity index (χ3v) is 4.70. The normalized spacial score (nSPS) is 14.9. The van der Waals surface area contributed by atoms with E-state index >= 15 is 0 Å². The van der Waals surface area contributed by atoms with E-state index in [1.54, 1.807) is 0 Å². The molecule has 0 aliphatic carbocycles. The van der Waals surface area contributed by atoms with Crippen LogP contribution in [0, 0.1) is 0 Å². The molecule has 2 aromatic rings. The van der Waals surface area contributed by atoms with Crippen LogP contribution in [0.2, 0.25) is 0 Å².